The van der Waals surface area contributed by atoms with Crippen molar-refractivity contribution >= 4 is 29.3 Å². The average Bonchev–Trinajstić information content (AvgIpc) is 3.23. The van der Waals surface area contributed by atoms with Gasteiger partial charge in [-0.2, -0.15) is 0 Å². The summed E-state index contributed by atoms with van der Waals surface area (Å²) in [4.78, 5) is 28.6. The summed E-state index contributed by atoms with van der Waals surface area (Å²) in [6.45, 7) is 4.65. The predicted molar refractivity (Wildman–Crippen MR) is 114 cm³/mol. The first-order chi connectivity index (χ1) is 13.9. The lowest BCUT2D eigenvalue weighted by atomic mass is 10.1. The molecule has 0 aliphatic carbocycles. The van der Waals surface area contributed by atoms with E-state index in [2.05, 4.69) is 5.32 Å². The molecule has 5 nitrogen and oxygen atoms in total. The van der Waals surface area contributed by atoms with Crippen molar-refractivity contribution < 1.29 is 14.0 Å². The molecule has 1 N–H and O–H groups in total. The van der Waals surface area contributed by atoms with Gasteiger partial charge < -0.3 is 14.6 Å². The molecule has 0 fully saturated rings. The van der Waals surface area contributed by atoms with Crippen LogP contribution in [-0.4, -0.2) is 16.6 Å². The minimum atomic E-state index is -0.565. The zero-order valence-electron chi connectivity index (χ0n) is 16.3. The van der Waals surface area contributed by atoms with Crippen molar-refractivity contribution in [3.63, 3.8) is 0 Å². The number of benzene rings is 2. The number of furan rings is 1. The minimum absolute atomic E-state index is 0.0343. The molecule has 1 aliphatic rings. The third-order valence-electron chi connectivity index (χ3n) is 4.82. The molecule has 4 rings (SSSR count). The van der Waals surface area contributed by atoms with Crippen LogP contribution in [0.2, 0.25) is 0 Å². The summed E-state index contributed by atoms with van der Waals surface area (Å²) in [6, 6.07) is 19.0. The molecule has 2 heterocycles. The standard InChI is InChI=1S/C23H22N2O3S/c1-23(2)22(27)25(15-16-7-4-3-5-8-16)19-13-17(10-11-20(19)29-23)21(26)24-14-18-9-6-12-28-18/h3-13H,14-15H2,1-2H3,(H,24,26). The molecule has 148 valence electrons. The van der Waals surface area contributed by atoms with Crippen LogP contribution in [0, 0.1) is 0 Å². The second-order valence-electron chi connectivity index (χ2n) is 7.43. The second kappa shape index (κ2) is 7.79. The van der Waals surface area contributed by atoms with Gasteiger partial charge in [-0.15, -0.1) is 11.8 Å². The van der Waals surface area contributed by atoms with E-state index in [1.807, 2.05) is 56.3 Å². The van der Waals surface area contributed by atoms with Gasteiger partial charge in [-0.05, 0) is 49.7 Å². The molecule has 0 radical (unpaired) electrons. The number of amides is 2. The van der Waals surface area contributed by atoms with Crippen molar-refractivity contribution in [2.75, 3.05) is 4.90 Å². The fourth-order valence-electron chi connectivity index (χ4n) is 3.31. The van der Waals surface area contributed by atoms with Gasteiger partial charge in [0.05, 0.1) is 29.8 Å². The molecule has 0 spiro atoms. The zero-order chi connectivity index (χ0) is 20.4. The van der Waals surface area contributed by atoms with Crippen LogP contribution < -0.4 is 10.2 Å². The van der Waals surface area contributed by atoms with Crippen molar-refractivity contribution in [3.8, 4) is 0 Å². The van der Waals surface area contributed by atoms with Crippen LogP contribution in [0.25, 0.3) is 0 Å². The number of fused-ring (bicyclic) bond motifs is 1. The monoisotopic (exact) mass is 406 g/mol. The Morgan fingerprint density at radius 1 is 1.10 bits per heavy atom. The first kappa shape index (κ1) is 19.3. The lowest BCUT2D eigenvalue weighted by Crippen LogP contribution is -2.46. The summed E-state index contributed by atoms with van der Waals surface area (Å²) < 4.78 is 4.70. The van der Waals surface area contributed by atoms with Gasteiger partial charge in [0.2, 0.25) is 5.91 Å². The summed E-state index contributed by atoms with van der Waals surface area (Å²) >= 11 is 1.53. The van der Waals surface area contributed by atoms with Crippen molar-refractivity contribution in [3.05, 3.63) is 83.8 Å². The van der Waals surface area contributed by atoms with Gasteiger partial charge in [-0.3, -0.25) is 9.59 Å². The number of hydrogen-bond acceptors (Lipinski definition) is 4. The van der Waals surface area contributed by atoms with E-state index in [0.717, 1.165) is 16.1 Å². The molecule has 3 aromatic rings. The van der Waals surface area contributed by atoms with E-state index in [-0.39, 0.29) is 11.8 Å². The molecule has 1 aromatic heterocycles. The zero-order valence-corrected chi connectivity index (χ0v) is 17.2. The molecule has 1 aliphatic heterocycles. The van der Waals surface area contributed by atoms with E-state index >= 15 is 0 Å². The topological polar surface area (TPSA) is 62.6 Å². The third kappa shape index (κ3) is 4.07. The molecule has 2 aromatic carbocycles. The van der Waals surface area contributed by atoms with Crippen molar-refractivity contribution in [2.45, 2.75) is 36.6 Å². The van der Waals surface area contributed by atoms with E-state index < -0.39 is 4.75 Å². The van der Waals surface area contributed by atoms with Crippen LogP contribution in [0.1, 0.15) is 35.5 Å². The second-order valence-corrected chi connectivity index (χ2v) is 9.10. The Balaban J connectivity index is 1.63. The number of nitrogens with one attached hydrogen (secondary N) is 1. The Hall–Kier alpha value is -2.99. The molecule has 6 heteroatoms. The predicted octanol–water partition coefficient (Wildman–Crippen LogP) is 4.63. The number of rotatable bonds is 5. The SMILES string of the molecule is CC1(C)Sc2ccc(C(=O)NCc3ccco3)cc2N(Cc2ccccc2)C1=O. The smallest absolute Gasteiger partial charge is 0.251 e. The van der Waals surface area contributed by atoms with Gasteiger partial charge in [0.15, 0.2) is 0 Å². The van der Waals surface area contributed by atoms with Crippen LogP contribution in [-0.2, 0) is 17.9 Å². The molecule has 29 heavy (non-hydrogen) atoms. The first-order valence-electron chi connectivity index (χ1n) is 9.43. The lowest BCUT2D eigenvalue weighted by Gasteiger charge is -2.38. The fraction of sp³-hybridized carbons (Fsp3) is 0.217. The van der Waals surface area contributed by atoms with Gasteiger partial charge in [0.25, 0.3) is 5.91 Å². The Labute approximate surface area is 174 Å². The van der Waals surface area contributed by atoms with E-state index in [1.54, 1.807) is 29.4 Å². The van der Waals surface area contributed by atoms with Gasteiger partial charge in [0, 0.05) is 10.5 Å². The van der Waals surface area contributed by atoms with E-state index in [0.29, 0.717) is 24.4 Å². The molecule has 0 unspecified atom stereocenters. The minimum Gasteiger partial charge on any atom is -0.467 e. The summed E-state index contributed by atoms with van der Waals surface area (Å²) in [6.07, 6.45) is 1.58. The normalized spacial score (nSPS) is 15.1. The number of nitrogens with zero attached hydrogens (tertiary/aromatic N) is 1. The van der Waals surface area contributed by atoms with Crippen molar-refractivity contribution in [1.29, 1.82) is 0 Å². The van der Waals surface area contributed by atoms with Crippen molar-refractivity contribution in [1.82, 2.24) is 5.32 Å². The van der Waals surface area contributed by atoms with Crippen LogP contribution >= 0.6 is 11.8 Å². The van der Waals surface area contributed by atoms with Crippen LogP contribution in [0.4, 0.5) is 5.69 Å². The maximum atomic E-state index is 13.2. The van der Waals surface area contributed by atoms with Crippen LogP contribution in [0.15, 0.2) is 76.2 Å². The lowest BCUT2D eigenvalue weighted by molar-refractivity contribution is -0.120. The molecule has 2 amide bonds. The highest BCUT2D eigenvalue weighted by atomic mass is 32.2. The van der Waals surface area contributed by atoms with E-state index in [9.17, 15) is 9.59 Å². The highest BCUT2D eigenvalue weighted by Crippen LogP contribution is 2.45. The maximum Gasteiger partial charge on any atom is 0.251 e. The maximum absolute atomic E-state index is 13.2. The van der Waals surface area contributed by atoms with E-state index in [4.69, 9.17) is 4.42 Å². The molecule has 0 atom stereocenters. The van der Waals surface area contributed by atoms with Gasteiger partial charge in [-0.1, -0.05) is 30.3 Å². The highest BCUT2D eigenvalue weighted by molar-refractivity contribution is 8.01. The van der Waals surface area contributed by atoms with Crippen molar-refractivity contribution in [2.24, 2.45) is 0 Å². The molecule has 0 saturated heterocycles. The Morgan fingerprint density at radius 2 is 1.90 bits per heavy atom. The van der Waals surface area contributed by atoms with Crippen LogP contribution in [0.5, 0.6) is 0 Å². The Bertz CT molecular complexity index is 1030. The Kier molecular flexibility index (Phi) is 5.20. The molecular weight excluding hydrogens is 384 g/mol. The summed E-state index contributed by atoms with van der Waals surface area (Å²) in [7, 11) is 0. The number of thioether (sulfide) groups is 1. The molecule has 0 bridgehead atoms. The summed E-state index contributed by atoms with van der Waals surface area (Å²) in [5, 5.41) is 2.86. The van der Waals surface area contributed by atoms with Gasteiger partial charge in [-0.25, -0.2) is 0 Å². The summed E-state index contributed by atoms with van der Waals surface area (Å²) in [5.41, 5.74) is 2.33. The van der Waals surface area contributed by atoms with Gasteiger partial charge >= 0.3 is 0 Å². The summed E-state index contributed by atoms with van der Waals surface area (Å²) in [5.74, 6) is 0.521. The first-order valence-corrected chi connectivity index (χ1v) is 10.3. The number of hydrogen-bond donors (Lipinski definition) is 1. The number of carbonyl (C=O) groups excluding carboxylic acids is 2. The highest BCUT2D eigenvalue weighted by Gasteiger charge is 2.40. The Morgan fingerprint density at radius 3 is 2.62 bits per heavy atom. The van der Waals surface area contributed by atoms with Crippen LogP contribution in [0.3, 0.4) is 0 Å². The molecular formula is C23H22N2O3S. The number of carbonyl (C=O) groups is 2. The molecule has 0 saturated carbocycles. The number of anilines is 1. The van der Waals surface area contributed by atoms with E-state index in [1.165, 1.54) is 11.8 Å². The average molecular weight is 407 g/mol. The van der Waals surface area contributed by atoms with Gasteiger partial charge in [0.1, 0.15) is 5.76 Å². The largest absolute Gasteiger partial charge is 0.467 e. The fourth-order valence-corrected chi connectivity index (χ4v) is 4.47. The quantitative estimate of drug-likeness (QED) is 0.671. The third-order valence-corrected chi connectivity index (χ3v) is 6.07.